The number of hydrogen-bond donors (Lipinski definition) is 3. The maximum atomic E-state index is 12.4. The normalized spacial score (nSPS) is 12.6. The molecule has 2 heterocycles. The van der Waals surface area contributed by atoms with Crippen LogP contribution in [-0.4, -0.2) is 74.6 Å². The number of aromatic amines is 1. The average molecular weight is 394 g/mol. The number of aliphatic hydroxyl groups excluding tert-OH is 1. The zero-order valence-corrected chi connectivity index (χ0v) is 16.8. The molecule has 0 spiro atoms. The lowest BCUT2D eigenvalue weighted by Crippen LogP contribution is -2.31. The Balaban J connectivity index is 2.33. The van der Waals surface area contributed by atoms with E-state index in [9.17, 15) is 14.7 Å². The van der Waals surface area contributed by atoms with Crippen LogP contribution in [0.5, 0.6) is 0 Å². The van der Waals surface area contributed by atoms with Crippen LogP contribution in [0.2, 0.25) is 0 Å². The number of H-pyrrole nitrogens is 1. The van der Waals surface area contributed by atoms with E-state index in [1.807, 2.05) is 0 Å². The Morgan fingerprint density at radius 1 is 1.39 bits per heavy atom. The summed E-state index contributed by atoms with van der Waals surface area (Å²) < 4.78 is 8.17. The number of nitrogens with zero attached hydrogens (tertiary/aromatic N) is 4. The molecule has 0 saturated carbocycles. The van der Waals surface area contributed by atoms with Crippen LogP contribution in [0.25, 0.3) is 11.2 Å². The highest BCUT2D eigenvalue weighted by molar-refractivity contribution is 5.74. The number of rotatable bonds is 12. The molecule has 3 N–H and O–H groups in total. The second kappa shape index (κ2) is 10.2. The van der Waals surface area contributed by atoms with Gasteiger partial charge in [-0.1, -0.05) is 19.9 Å². The molecule has 0 aromatic carbocycles. The lowest BCUT2D eigenvalue weighted by atomic mass is 10.3. The number of anilines is 1. The van der Waals surface area contributed by atoms with E-state index in [4.69, 9.17) is 4.74 Å². The Kier molecular flexibility index (Phi) is 7.97. The van der Waals surface area contributed by atoms with Crippen molar-refractivity contribution in [1.29, 1.82) is 0 Å². The molecule has 0 amide bonds. The third-order valence-corrected chi connectivity index (χ3v) is 4.55. The van der Waals surface area contributed by atoms with E-state index in [1.165, 1.54) is 4.57 Å². The van der Waals surface area contributed by atoms with Crippen LogP contribution in [0.15, 0.2) is 22.2 Å². The molecule has 0 fully saturated rings. The van der Waals surface area contributed by atoms with Gasteiger partial charge in [-0.15, -0.1) is 6.58 Å². The quantitative estimate of drug-likeness (QED) is 0.335. The SMILES string of the molecule is C=CCOC[C@@H](O)Cn1c(NCCN(CC)CC)nc2c1c(=O)[nH]c(=O)n2C. The molecule has 156 valence electrons. The summed E-state index contributed by atoms with van der Waals surface area (Å²) in [7, 11) is 1.54. The molecule has 0 unspecified atom stereocenters. The summed E-state index contributed by atoms with van der Waals surface area (Å²) in [6.45, 7) is 11.5. The Morgan fingerprint density at radius 2 is 2.11 bits per heavy atom. The summed E-state index contributed by atoms with van der Waals surface area (Å²) in [6.07, 6.45) is 0.748. The summed E-state index contributed by atoms with van der Waals surface area (Å²) in [5.74, 6) is 0.427. The van der Waals surface area contributed by atoms with Gasteiger partial charge in [-0.3, -0.25) is 14.3 Å². The van der Waals surface area contributed by atoms with E-state index in [0.717, 1.165) is 19.6 Å². The second-order valence-corrected chi connectivity index (χ2v) is 6.47. The third kappa shape index (κ3) is 5.09. The van der Waals surface area contributed by atoms with Crippen molar-refractivity contribution in [3.63, 3.8) is 0 Å². The van der Waals surface area contributed by atoms with Gasteiger partial charge in [0, 0.05) is 20.1 Å². The number of ether oxygens (including phenoxy) is 1. The Bertz CT molecular complexity index is 896. The fourth-order valence-electron chi connectivity index (χ4n) is 2.96. The molecule has 0 aliphatic heterocycles. The molecule has 0 aliphatic rings. The first-order valence-corrected chi connectivity index (χ1v) is 9.45. The molecule has 2 rings (SSSR count). The molecule has 0 aliphatic carbocycles. The topological polar surface area (TPSA) is 117 Å². The fraction of sp³-hybridized carbons (Fsp3) is 0.611. The van der Waals surface area contributed by atoms with Gasteiger partial charge in [-0.25, -0.2) is 4.79 Å². The molecular formula is C18H30N6O4. The number of aromatic nitrogens is 4. The first-order chi connectivity index (χ1) is 13.4. The number of imidazole rings is 1. The smallest absolute Gasteiger partial charge is 0.329 e. The first-order valence-electron chi connectivity index (χ1n) is 9.45. The van der Waals surface area contributed by atoms with E-state index in [-0.39, 0.29) is 24.3 Å². The van der Waals surface area contributed by atoms with Crippen molar-refractivity contribution in [3.05, 3.63) is 33.5 Å². The lowest BCUT2D eigenvalue weighted by molar-refractivity contribution is 0.0405. The van der Waals surface area contributed by atoms with E-state index >= 15 is 0 Å². The van der Waals surface area contributed by atoms with Crippen LogP contribution in [0.3, 0.4) is 0 Å². The number of aryl methyl sites for hydroxylation is 1. The number of nitrogens with one attached hydrogen (secondary N) is 2. The van der Waals surface area contributed by atoms with Gasteiger partial charge in [-0.05, 0) is 13.1 Å². The summed E-state index contributed by atoms with van der Waals surface area (Å²) in [5, 5.41) is 13.5. The summed E-state index contributed by atoms with van der Waals surface area (Å²) >= 11 is 0. The minimum Gasteiger partial charge on any atom is -0.389 e. The molecule has 28 heavy (non-hydrogen) atoms. The van der Waals surface area contributed by atoms with Gasteiger partial charge in [0.2, 0.25) is 5.95 Å². The van der Waals surface area contributed by atoms with Crippen LogP contribution in [0, 0.1) is 0 Å². The molecule has 0 bridgehead atoms. The Morgan fingerprint density at radius 3 is 2.75 bits per heavy atom. The van der Waals surface area contributed by atoms with Crippen molar-refractivity contribution in [3.8, 4) is 0 Å². The van der Waals surface area contributed by atoms with Gasteiger partial charge in [-0.2, -0.15) is 4.98 Å². The third-order valence-electron chi connectivity index (χ3n) is 4.55. The largest absolute Gasteiger partial charge is 0.389 e. The average Bonchev–Trinajstić information content (AvgIpc) is 3.02. The number of hydrogen-bond acceptors (Lipinski definition) is 7. The van der Waals surface area contributed by atoms with Crippen molar-refractivity contribution in [2.45, 2.75) is 26.5 Å². The van der Waals surface area contributed by atoms with E-state index in [0.29, 0.717) is 19.1 Å². The zero-order chi connectivity index (χ0) is 20.7. The summed E-state index contributed by atoms with van der Waals surface area (Å²) in [4.78, 5) is 33.3. The van der Waals surface area contributed by atoms with Crippen molar-refractivity contribution in [2.24, 2.45) is 7.05 Å². The molecule has 0 radical (unpaired) electrons. The highest BCUT2D eigenvalue weighted by Crippen LogP contribution is 2.16. The van der Waals surface area contributed by atoms with Crippen LogP contribution >= 0.6 is 0 Å². The van der Waals surface area contributed by atoms with E-state index in [1.54, 1.807) is 17.7 Å². The van der Waals surface area contributed by atoms with Crippen molar-refractivity contribution >= 4 is 17.1 Å². The summed E-state index contributed by atoms with van der Waals surface area (Å²) in [5.41, 5.74) is -0.582. The van der Waals surface area contributed by atoms with Gasteiger partial charge in [0.25, 0.3) is 5.56 Å². The highest BCUT2D eigenvalue weighted by Gasteiger charge is 2.19. The predicted molar refractivity (Wildman–Crippen MR) is 109 cm³/mol. The fourth-order valence-corrected chi connectivity index (χ4v) is 2.96. The minimum atomic E-state index is -0.850. The maximum Gasteiger partial charge on any atom is 0.329 e. The van der Waals surface area contributed by atoms with Gasteiger partial charge in [0.1, 0.15) is 0 Å². The predicted octanol–water partition coefficient (Wildman–Crippen LogP) is -0.259. The first kappa shape index (κ1) is 21.9. The second-order valence-electron chi connectivity index (χ2n) is 6.47. The van der Waals surface area contributed by atoms with Gasteiger partial charge in [0.15, 0.2) is 11.2 Å². The van der Waals surface area contributed by atoms with Crippen LogP contribution in [0.4, 0.5) is 5.95 Å². The van der Waals surface area contributed by atoms with Gasteiger partial charge >= 0.3 is 5.69 Å². The standard InChI is InChI=1S/C18H30N6O4/c1-5-10-28-12-13(25)11-24-14-15(22(4)18(27)21-16(14)26)20-17(24)19-8-9-23(6-2)7-3/h5,13,25H,1,6-12H2,2-4H3,(H,19,20)(H,21,26,27)/t13-/m0/s1. The summed E-state index contributed by atoms with van der Waals surface area (Å²) in [6, 6.07) is 0. The lowest BCUT2D eigenvalue weighted by Gasteiger charge is -2.19. The number of fused-ring (bicyclic) bond motifs is 1. The Hall–Kier alpha value is -2.43. The number of aliphatic hydroxyl groups is 1. The van der Waals surface area contributed by atoms with Crippen LogP contribution in [0.1, 0.15) is 13.8 Å². The van der Waals surface area contributed by atoms with Gasteiger partial charge in [0.05, 0.1) is 25.9 Å². The molecule has 10 nitrogen and oxygen atoms in total. The van der Waals surface area contributed by atoms with Crippen molar-refractivity contribution < 1.29 is 9.84 Å². The monoisotopic (exact) mass is 394 g/mol. The molecule has 1 atom stereocenters. The molecule has 0 saturated heterocycles. The zero-order valence-electron chi connectivity index (χ0n) is 16.8. The van der Waals surface area contributed by atoms with E-state index in [2.05, 4.69) is 40.6 Å². The van der Waals surface area contributed by atoms with Crippen LogP contribution < -0.4 is 16.6 Å². The van der Waals surface area contributed by atoms with Crippen molar-refractivity contribution in [2.75, 3.05) is 44.7 Å². The van der Waals surface area contributed by atoms with Crippen molar-refractivity contribution in [1.82, 2.24) is 24.0 Å². The van der Waals surface area contributed by atoms with Gasteiger partial charge < -0.3 is 24.6 Å². The molecule has 2 aromatic rings. The molecule has 10 heteroatoms. The maximum absolute atomic E-state index is 12.4. The molecular weight excluding hydrogens is 364 g/mol. The highest BCUT2D eigenvalue weighted by atomic mass is 16.5. The molecule has 2 aromatic heterocycles. The van der Waals surface area contributed by atoms with Crippen LogP contribution in [-0.2, 0) is 18.3 Å². The Labute approximate surface area is 163 Å². The van der Waals surface area contributed by atoms with E-state index < -0.39 is 17.4 Å². The minimum absolute atomic E-state index is 0.0915. The number of likely N-dealkylation sites (N-methyl/N-ethyl adjacent to an activating group) is 1.